The molecule has 0 saturated carbocycles. The number of furan rings is 2. The number of fused-ring (bicyclic) bond motifs is 9. The number of hydrogen-bond donors (Lipinski definition) is 0. The first-order valence-corrected chi connectivity index (χ1v) is 16.2. The molecule has 5 heteroatoms. The van der Waals surface area contributed by atoms with Crippen molar-refractivity contribution in [1.29, 1.82) is 5.26 Å². The van der Waals surface area contributed by atoms with Gasteiger partial charge in [0.05, 0.1) is 11.6 Å². The highest BCUT2D eigenvalue weighted by Crippen LogP contribution is 2.43. The SMILES string of the molecule is CC1CCCCN1c1ccc2cc3c(cc2c1)oc1c3cc(C#N)c2c3cc4ccc(N5CCCCC5C)cc4cc3oc12. The first-order valence-electron chi connectivity index (χ1n) is 16.2. The third-order valence-electron chi connectivity index (χ3n) is 10.5. The number of nitrogens with zero attached hydrogens (tertiary/aromatic N) is 3. The van der Waals surface area contributed by atoms with E-state index in [0.29, 0.717) is 28.8 Å². The van der Waals surface area contributed by atoms with Gasteiger partial charge >= 0.3 is 0 Å². The lowest BCUT2D eigenvalue weighted by molar-refractivity contribution is 0.485. The van der Waals surface area contributed by atoms with Crippen LogP contribution in [0.4, 0.5) is 11.4 Å². The fraction of sp³-hybridized carbons (Fsp3) is 0.308. The molecule has 2 aromatic heterocycles. The van der Waals surface area contributed by atoms with E-state index >= 15 is 0 Å². The van der Waals surface area contributed by atoms with E-state index in [4.69, 9.17) is 8.83 Å². The molecule has 2 unspecified atom stereocenters. The third-order valence-corrected chi connectivity index (χ3v) is 10.5. The highest BCUT2D eigenvalue weighted by Gasteiger charge is 2.23. The minimum atomic E-state index is 0.548. The first kappa shape index (κ1) is 25.8. The van der Waals surface area contributed by atoms with Crippen molar-refractivity contribution >= 4 is 76.8 Å². The van der Waals surface area contributed by atoms with Crippen LogP contribution in [0.3, 0.4) is 0 Å². The summed E-state index contributed by atoms with van der Waals surface area (Å²) in [5.74, 6) is 0. The van der Waals surface area contributed by atoms with Gasteiger partial charge in [-0.3, -0.25) is 0 Å². The second-order valence-electron chi connectivity index (χ2n) is 13.2. The zero-order valence-corrected chi connectivity index (χ0v) is 25.3. The van der Waals surface area contributed by atoms with E-state index in [1.807, 2.05) is 6.07 Å². The Labute approximate surface area is 256 Å². The highest BCUT2D eigenvalue weighted by molar-refractivity contribution is 6.23. The summed E-state index contributed by atoms with van der Waals surface area (Å²) in [7, 11) is 0. The van der Waals surface area contributed by atoms with E-state index in [9.17, 15) is 5.26 Å². The van der Waals surface area contributed by atoms with Crippen LogP contribution in [0.15, 0.2) is 75.6 Å². The molecule has 0 aliphatic carbocycles. The summed E-state index contributed by atoms with van der Waals surface area (Å²) in [4.78, 5) is 5.06. The fourth-order valence-corrected chi connectivity index (χ4v) is 8.04. The maximum absolute atomic E-state index is 10.3. The molecule has 5 aromatic carbocycles. The van der Waals surface area contributed by atoms with Crippen molar-refractivity contribution in [1.82, 2.24) is 0 Å². The summed E-state index contributed by atoms with van der Waals surface area (Å²) in [6.45, 7) is 6.86. The topological polar surface area (TPSA) is 56.6 Å². The lowest BCUT2D eigenvalue weighted by Crippen LogP contribution is -2.37. The van der Waals surface area contributed by atoms with E-state index in [1.165, 1.54) is 60.7 Å². The molecule has 7 aromatic rings. The Morgan fingerprint density at radius 2 is 1.18 bits per heavy atom. The summed E-state index contributed by atoms with van der Waals surface area (Å²) in [5.41, 5.74) is 6.11. The van der Waals surface area contributed by atoms with E-state index in [-0.39, 0.29) is 0 Å². The number of anilines is 2. The second kappa shape index (κ2) is 9.66. The van der Waals surface area contributed by atoms with E-state index in [0.717, 1.165) is 56.6 Å². The van der Waals surface area contributed by atoms with Gasteiger partial charge in [0.25, 0.3) is 0 Å². The minimum Gasteiger partial charge on any atom is -0.452 e. The molecule has 0 bridgehead atoms. The van der Waals surface area contributed by atoms with Gasteiger partial charge < -0.3 is 18.6 Å². The Bertz CT molecular complexity index is 2320. The average Bonchev–Trinajstić information content (AvgIpc) is 3.59. The van der Waals surface area contributed by atoms with E-state index < -0.39 is 0 Å². The lowest BCUT2D eigenvalue weighted by atomic mass is 9.99. The molecule has 0 amide bonds. The van der Waals surface area contributed by atoms with Crippen LogP contribution in [0, 0.1) is 11.3 Å². The molecule has 5 nitrogen and oxygen atoms in total. The van der Waals surface area contributed by atoms with Crippen LogP contribution in [0.1, 0.15) is 57.9 Å². The van der Waals surface area contributed by atoms with Crippen molar-refractivity contribution < 1.29 is 8.83 Å². The van der Waals surface area contributed by atoms with Crippen LogP contribution in [0.25, 0.3) is 65.4 Å². The summed E-state index contributed by atoms with van der Waals surface area (Å²) in [6.07, 6.45) is 7.57. The van der Waals surface area contributed by atoms with Crippen LogP contribution in [-0.4, -0.2) is 25.2 Å². The zero-order chi connectivity index (χ0) is 29.5. The van der Waals surface area contributed by atoms with Crippen molar-refractivity contribution in [2.75, 3.05) is 22.9 Å². The molecule has 2 aliphatic heterocycles. The normalized spacial score (nSPS) is 19.7. The zero-order valence-electron chi connectivity index (χ0n) is 25.3. The molecular weight excluding hydrogens is 542 g/mol. The molecule has 9 rings (SSSR count). The van der Waals surface area contributed by atoms with Gasteiger partial charge in [0, 0.05) is 58.1 Å². The molecule has 0 spiro atoms. The number of nitriles is 1. The molecule has 4 heterocycles. The molecule has 0 N–H and O–H groups in total. The molecule has 218 valence electrons. The molecule has 2 atom stereocenters. The van der Waals surface area contributed by atoms with E-state index in [2.05, 4.69) is 90.4 Å². The molecule has 2 fully saturated rings. The monoisotopic (exact) mass is 577 g/mol. The Morgan fingerprint density at radius 1 is 0.614 bits per heavy atom. The van der Waals surface area contributed by atoms with Crippen molar-refractivity contribution in [3.8, 4) is 6.07 Å². The van der Waals surface area contributed by atoms with Crippen LogP contribution >= 0.6 is 0 Å². The van der Waals surface area contributed by atoms with Crippen LogP contribution < -0.4 is 9.80 Å². The van der Waals surface area contributed by atoms with Gasteiger partial charge in [-0.1, -0.05) is 12.1 Å². The van der Waals surface area contributed by atoms with Crippen molar-refractivity contribution in [3.05, 3.63) is 72.3 Å². The maximum atomic E-state index is 10.3. The smallest absolute Gasteiger partial charge is 0.179 e. The third kappa shape index (κ3) is 3.83. The van der Waals surface area contributed by atoms with Crippen molar-refractivity contribution in [2.45, 2.75) is 64.5 Å². The van der Waals surface area contributed by atoms with Gasteiger partial charge in [0.15, 0.2) is 11.2 Å². The summed E-state index contributed by atoms with van der Waals surface area (Å²) in [6, 6.07) is 27.7. The van der Waals surface area contributed by atoms with Crippen LogP contribution in [-0.2, 0) is 0 Å². The van der Waals surface area contributed by atoms with Gasteiger partial charge in [-0.25, -0.2) is 0 Å². The molecule has 44 heavy (non-hydrogen) atoms. The molecule has 2 saturated heterocycles. The summed E-state index contributed by atoms with van der Waals surface area (Å²) < 4.78 is 13.2. The Hall–Kier alpha value is -4.69. The molecule has 0 radical (unpaired) electrons. The van der Waals surface area contributed by atoms with Gasteiger partial charge in [-0.15, -0.1) is 0 Å². The fourth-order valence-electron chi connectivity index (χ4n) is 8.04. The van der Waals surface area contributed by atoms with Gasteiger partial charge in [0.2, 0.25) is 0 Å². The maximum Gasteiger partial charge on any atom is 0.179 e. The van der Waals surface area contributed by atoms with Crippen molar-refractivity contribution in [2.24, 2.45) is 0 Å². The summed E-state index contributed by atoms with van der Waals surface area (Å²) in [5, 5.41) is 18.7. The van der Waals surface area contributed by atoms with Gasteiger partial charge in [-0.2, -0.15) is 5.26 Å². The Balaban J connectivity index is 1.22. The largest absolute Gasteiger partial charge is 0.452 e. The minimum absolute atomic E-state index is 0.548. The molecule has 2 aliphatic rings. The average molecular weight is 578 g/mol. The predicted molar refractivity (Wildman–Crippen MR) is 182 cm³/mol. The van der Waals surface area contributed by atoms with Gasteiger partial charge in [-0.05, 0) is 129 Å². The Morgan fingerprint density at radius 3 is 1.77 bits per heavy atom. The molecular formula is C39H35N3O2. The van der Waals surface area contributed by atoms with Crippen LogP contribution in [0.2, 0.25) is 0 Å². The predicted octanol–water partition coefficient (Wildman–Crippen LogP) is 10.4. The van der Waals surface area contributed by atoms with Crippen molar-refractivity contribution in [3.63, 3.8) is 0 Å². The number of hydrogen-bond acceptors (Lipinski definition) is 5. The summed E-state index contributed by atoms with van der Waals surface area (Å²) >= 11 is 0. The lowest BCUT2D eigenvalue weighted by Gasteiger charge is -2.35. The number of rotatable bonds is 2. The quantitative estimate of drug-likeness (QED) is 0.205. The first-order chi connectivity index (χ1) is 21.6. The highest BCUT2D eigenvalue weighted by atomic mass is 16.4. The number of benzene rings is 5. The van der Waals surface area contributed by atoms with Crippen LogP contribution in [0.5, 0.6) is 0 Å². The second-order valence-corrected chi connectivity index (χ2v) is 13.2. The number of piperidine rings is 2. The van der Waals surface area contributed by atoms with Gasteiger partial charge in [0.1, 0.15) is 11.2 Å². The Kier molecular flexibility index (Phi) is 5.66. The van der Waals surface area contributed by atoms with E-state index in [1.54, 1.807) is 0 Å². The standard InChI is InChI=1S/C39H35N3O2/c1-23-7-3-5-13-41(23)30-11-9-25-17-32-33-19-29(22-40)37-34-18-26-10-12-31(42-14-6-4-8-24(42)2)16-28(26)21-36(34)44-39(37)38(33)43-35(32)20-27(25)15-30/h9-12,15-21,23-24H,3-8,13-14H2,1-2H3.